The van der Waals surface area contributed by atoms with E-state index in [1.54, 1.807) is 0 Å². The van der Waals surface area contributed by atoms with Crippen molar-refractivity contribution < 1.29 is 9.59 Å². The predicted octanol–water partition coefficient (Wildman–Crippen LogP) is -1.74. The number of nitrogens with zero attached hydrogens (tertiary/aromatic N) is 1. The van der Waals surface area contributed by atoms with E-state index < -0.39 is 5.41 Å². The zero-order valence-electron chi connectivity index (χ0n) is 9.66. The first kappa shape index (κ1) is 12.9. The number of likely N-dealkylation sites (tertiary alicyclic amines) is 1. The highest BCUT2D eigenvalue weighted by Crippen LogP contribution is 2.28. The first-order valence-corrected chi connectivity index (χ1v) is 5.47. The van der Waals surface area contributed by atoms with Crippen LogP contribution in [-0.2, 0) is 9.59 Å². The molecule has 1 fully saturated rings. The Morgan fingerprint density at radius 1 is 1.50 bits per heavy atom. The first-order chi connectivity index (χ1) is 7.48. The lowest BCUT2D eigenvalue weighted by molar-refractivity contribution is -0.127. The standard InChI is InChI=1S/C10H20N4O2/c1-10(9(12)16)2-5-14(7-10)6-8(15)13-4-3-11/h2-7,11H2,1H3,(H2,12,16)(H,13,15). The third-order valence-electron chi connectivity index (χ3n) is 2.98. The second kappa shape index (κ2) is 5.27. The highest BCUT2D eigenvalue weighted by molar-refractivity contribution is 5.81. The van der Waals surface area contributed by atoms with Crippen molar-refractivity contribution in [2.45, 2.75) is 13.3 Å². The fraction of sp³-hybridized carbons (Fsp3) is 0.800. The largest absolute Gasteiger partial charge is 0.369 e. The summed E-state index contributed by atoms with van der Waals surface area (Å²) >= 11 is 0. The Balaban J connectivity index is 2.37. The van der Waals surface area contributed by atoms with Crippen molar-refractivity contribution in [3.05, 3.63) is 0 Å². The summed E-state index contributed by atoms with van der Waals surface area (Å²) in [4.78, 5) is 24.6. The van der Waals surface area contributed by atoms with Crippen LogP contribution in [0.1, 0.15) is 13.3 Å². The number of hydrogen-bond acceptors (Lipinski definition) is 4. The number of primary amides is 1. The van der Waals surface area contributed by atoms with E-state index in [1.807, 2.05) is 11.8 Å². The summed E-state index contributed by atoms with van der Waals surface area (Å²) in [6, 6.07) is 0. The average molecular weight is 228 g/mol. The Morgan fingerprint density at radius 3 is 2.69 bits per heavy atom. The number of rotatable bonds is 5. The van der Waals surface area contributed by atoms with Crippen LogP contribution in [0, 0.1) is 5.41 Å². The van der Waals surface area contributed by atoms with Crippen molar-refractivity contribution in [1.82, 2.24) is 10.2 Å². The molecule has 1 rings (SSSR count). The van der Waals surface area contributed by atoms with Gasteiger partial charge in [-0.05, 0) is 19.9 Å². The molecule has 1 saturated heterocycles. The Labute approximate surface area is 95.3 Å². The average Bonchev–Trinajstić information content (AvgIpc) is 2.58. The van der Waals surface area contributed by atoms with Gasteiger partial charge in [0.1, 0.15) is 0 Å². The van der Waals surface area contributed by atoms with Crippen LogP contribution in [0.4, 0.5) is 0 Å². The second-order valence-electron chi connectivity index (χ2n) is 4.52. The van der Waals surface area contributed by atoms with Gasteiger partial charge in [0.15, 0.2) is 0 Å². The van der Waals surface area contributed by atoms with Crippen LogP contribution in [-0.4, -0.2) is 49.4 Å². The summed E-state index contributed by atoms with van der Waals surface area (Å²) in [5.74, 6) is -0.350. The van der Waals surface area contributed by atoms with E-state index in [4.69, 9.17) is 11.5 Å². The molecule has 0 aliphatic carbocycles. The highest BCUT2D eigenvalue weighted by atomic mass is 16.2. The van der Waals surface area contributed by atoms with Gasteiger partial charge in [0, 0.05) is 19.6 Å². The third kappa shape index (κ3) is 3.18. The van der Waals surface area contributed by atoms with Crippen molar-refractivity contribution in [2.75, 3.05) is 32.7 Å². The fourth-order valence-electron chi connectivity index (χ4n) is 1.86. The van der Waals surface area contributed by atoms with Crippen molar-refractivity contribution in [3.8, 4) is 0 Å². The molecule has 0 bridgehead atoms. The smallest absolute Gasteiger partial charge is 0.234 e. The molecule has 1 atom stereocenters. The predicted molar refractivity (Wildman–Crippen MR) is 60.4 cm³/mol. The van der Waals surface area contributed by atoms with E-state index in [2.05, 4.69) is 5.32 Å². The molecule has 2 amide bonds. The lowest BCUT2D eigenvalue weighted by atomic mass is 9.89. The molecule has 6 heteroatoms. The van der Waals surface area contributed by atoms with E-state index in [-0.39, 0.29) is 11.8 Å². The van der Waals surface area contributed by atoms with Gasteiger partial charge in [-0.2, -0.15) is 0 Å². The Bertz CT molecular complexity index is 282. The number of nitrogens with one attached hydrogen (secondary N) is 1. The minimum atomic E-state index is -0.492. The van der Waals surface area contributed by atoms with Crippen LogP contribution in [0.2, 0.25) is 0 Å². The summed E-state index contributed by atoms with van der Waals surface area (Å²) in [5.41, 5.74) is 10.1. The topological polar surface area (TPSA) is 101 Å². The molecule has 0 aromatic heterocycles. The number of amides is 2. The SMILES string of the molecule is CC1(C(N)=O)CCN(CC(=O)NCCN)C1. The number of carbonyl (C=O) groups excluding carboxylic acids is 2. The molecular weight excluding hydrogens is 208 g/mol. The maximum Gasteiger partial charge on any atom is 0.234 e. The molecular formula is C10H20N4O2. The maximum absolute atomic E-state index is 11.4. The molecule has 0 aromatic rings. The molecule has 0 radical (unpaired) electrons. The number of hydrogen-bond donors (Lipinski definition) is 3. The van der Waals surface area contributed by atoms with Gasteiger partial charge in [0.25, 0.3) is 0 Å². The molecule has 0 aromatic carbocycles. The zero-order valence-corrected chi connectivity index (χ0v) is 9.66. The normalized spacial score (nSPS) is 25.6. The van der Waals surface area contributed by atoms with Crippen LogP contribution in [0.25, 0.3) is 0 Å². The Kier molecular flexibility index (Phi) is 4.26. The molecule has 16 heavy (non-hydrogen) atoms. The van der Waals surface area contributed by atoms with Crippen LogP contribution >= 0.6 is 0 Å². The quantitative estimate of drug-likeness (QED) is 0.520. The first-order valence-electron chi connectivity index (χ1n) is 5.47. The van der Waals surface area contributed by atoms with Gasteiger partial charge in [-0.1, -0.05) is 0 Å². The van der Waals surface area contributed by atoms with Crippen LogP contribution in [0.15, 0.2) is 0 Å². The Hall–Kier alpha value is -1.14. The maximum atomic E-state index is 11.4. The fourth-order valence-corrected chi connectivity index (χ4v) is 1.86. The van der Waals surface area contributed by atoms with E-state index >= 15 is 0 Å². The van der Waals surface area contributed by atoms with E-state index in [0.29, 0.717) is 32.6 Å². The lowest BCUT2D eigenvalue weighted by Crippen LogP contribution is -2.41. The van der Waals surface area contributed by atoms with Crippen molar-refractivity contribution in [1.29, 1.82) is 0 Å². The van der Waals surface area contributed by atoms with Gasteiger partial charge >= 0.3 is 0 Å². The summed E-state index contributed by atoms with van der Waals surface area (Å²) < 4.78 is 0. The van der Waals surface area contributed by atoms with Crippen molar-refractivity contribution in [2.24, 2.45) is 16.9 Å². The summed E-state index contributed by atoms with van der Waals surface area (Å²) in [5, 5.41) is 2.69. The molecule has 0 spiro atoms. The van der Waals surface area contributed by atoms with E-state index in [0.717, 1.165) is 6.54 Å². The molecule has 1 aliphatic rings. The summed E-state index contributed by atoms with van der Waals surface area (Å²) in [7, 11) is 0. The van der Waals surface area contributed by atoms with Gasteiger partial charge in [-0.15, -0.1) is 0 Å². The monoisotopic (exact) mass is 228 g/mol. The van der Waals surface area contributed by atoms with E-state index in [1.165, 1.54) is 0 Å². The molecule has 92 valence electrons. The van der Waals surface area contributed by atoms with E-state index in [9.17, 15) is 9.59 Å². The third-order valence-corrected chi connectivity index (χ3v) is 2.98. The van der Waals surface area contributed by atoms with Crippen LogP contribution in [0.3, 0.4) is 0 Å². The van der Waals surface area contributed by atoms with Crippen LogP contribution in [0.5, 0.6) is 0 Å². The molecule has 1 aliphatic heterocycles. The molecule has 6 nitrogen and oxygen atoms in total. The summed E-state index contributed by atoms with van der Waals surface area (Å²) in [6.07, 6.45) is 0.715. The minimum Gasteiger partial charge on any atom is -0.369 e. The molecule has 1 unspecified atom stereocenters. The molecule has 0 saturated carbocycles. The minimum absolute atomic E-state index is 0.0563. The highest BCUT2D eigenvalue weighted by Gasteiger charge is 2.39. The van der Waals surface area contributed by atoms with Gasteiger partial charge < -0.3 is 16.8 Å². The van der Waals surface area contributed by atoms with Crippen LogP contribution < -0.4 is 16.8 Å². The van der Waals surface area contributed by atoms with Gasteiger partial charge in [0.2, 0.25) is 11.8 Å². The number of nitrogens with two attached hydrogens (primary N) is 2. The molecule has 1 heterocycles. The Morgan fingerprint density at radius 2 is 2.19 bits per heavy atom. The zero-order chi connectivity index (χ0) is 12.2. The summed E-state index contributed by atoms with van der Waals surface area (Å²) in [6.45, 7) is 4.36. The second-order valence-corrected chi connectivity index (χ2v) is 4.52. The number of carbonyl (C=O) groups is 2. The lowest BCUT2D eigenvalue weighted by Gasteiger charge is -2.20. The van der Waals surface area contributed by atoms with Crippen molar-refractivity contribution >= 4 is 11.8 Å². The van der Waals surface area contributed by atoms with Gasteiger partial charge in [-0.3, -0.25) is 14.5 Å². The van der Waals surface area contributed by atoms with Gasteiger partial charge in [-0.25, -0.2) is 0 Å². The van der Waals surface area contributed by atoms with Gasteiger partial charge in [0.05, 0.1) is 12.0 Å². The molecule has 5 N–H and O–H groups in total. The van der Waals surface area contributed by atoms with Crippen molar-refractivity contribution in [3.63, 3.8) is 0 Å².